The van der Waals surface area contributed by atoms with E-state index in [9.17, 15) is 21.6 Å². The Labute approximate surface area is 212 Å². The Bertz CT molecular complexity index is 1520. The van der Waals surface area contributed by atoms with E-state index < -0.39 is 32.5 Å². The molecule has 1 heterocycles. The Balaban J connectivity index is 1.68. The van der Waals surface area contributed by atoms with Gasteiger partial charge in [-0.25, -0.2) is 21.1 Å². The number of aryl methyl sites for hydroxylation is 2. The Morgan fingerprint density at radius 1 is 0.833 bits per heavy atom. The van der Waals surface area contributed by atoms with Gasteiger partial charge in [0, 0.05) is 26.3 Å². The minimum absolute atomic E-state index is 0.0998. The van der Waals surface area contributed by atoms with E-state index in [1.54, 1.807) is 42.5 Å². The van der Waals surface area contributed by atoms with Crippen molar-refractivity contribution >= 4 is 37.3 Å². The number of amides is 1. The first kappa shape index (κ1) is 25.9. The van der Waals surface area contributed by atoms with Gasteiger partial charge in [0.1, 0.15) is 6.54 Å². The van der Waals surface area contributed by atoms with Crippen LogP contribution in [0.1, 0.15) is 16.7 Å². The smallest absolute Gasteiger partial charge is 0.264 e. The first-order chi connectivity index (χ1) is 16.9. The van der Waals surface area contributed by atoms with E-state index in [0.29, 0.717) is 24.3 Å². The highest BCUT2D eigenvalue weighted by Gasteiger charge is 2.32. The molecule has 36 heavy (non-hydrogen) atoms. The van der Waals surface area contributed by atoms with Crippen LogP contribution in [0.4, 0.5) is 11.4 Å². The van der Waals surface area contributed by atoms with E-state index in [4.69, 9.17) is 0 Å². The van der Waals surface area contributed by atoms with Gasteiger partial charge in [0.15, 0.2) is 0 Å². The van der Waals surface area contributed by atoms with Gasteiger partial charge in [-0.05, 0) is 73.9 Å². The number of nitrogens with zero attached hydrogens (tertiary/aromatic N) is 3. The van der Waals surface area contributed by atoms with Gasteiger partial charge in [0.25, 0.3) is 10.0 Å². The van der Waals surface area contributed by atoms with Crippen LogP contribution in [0.3, 0.4) is 0 Å². The molecule has 0 atom stereocenters. The largest absolute Gasteiger partial charge is 0.310 e. The first-order valence-electron chi connectivity index (χ1n) is 11.4. The van der Waals surface area contributed by atoms with Crippen molar-refractivity contribution in [1.82, 2.24) is 4.31 Å². The molecule has 0 fully saturated rings. The first-order valence-corrected chi connectivity index (χ1v) is 14.3. The summed E-state index contributed by atoms with van der Waals surface area (Å²) >= 11 is 0. The SMILES string of the molecule is Cc1ccc(S(=O)(=O)N(CC(=O)N2CCc3cc(S(=O)(=O)N(C)C)ccc32)c2cccc(C)c2)cc1. The van der Waals surface area contributed by atoms with E-state index in [1.165, 1.54) is 37.2 Å². The fourth-order valence-electron chi connectivity index (χ4n) is 4.15. The number of hydrogen-bond donors (Lipinski definition) is 0. The molecule has 0 saturated carbocycles. The molecule has 0 saturated heterocycles. The van der Waals surface area contributed by atoms with Crippen molar-refractivity contribution in [2.24, 2.45) is 0 Å². The van der Waals surface area contributed by atoms with Crippen LogP contribution < -0.4 is 9.21 Å². The molecular formula is C26H29N3O5S2. The number of carbonyl (C=O) groups excluding carboxylic acids is 1. The lowest BCUT2D eigenvalue weighted by atomic mass is 10.2. The Hall–Kier alpha value is -3.21. The van der Waals surface area contributed by atoms with Crippen molar-refractivity contribution in [3.05, 3.63) is 83.4 Å². The van der Waals surface area contributed by atoms with Gasteiger partial charge in [-0.3, -0.25) is 9.10 Å². The molecule has 0 bridgehead atoms. The summed E-state index contributed by atoms with van der Waals surface area (Å²) in [5.74, 6) is -0.394. The predicted molar refractivity (Wildman–Crippen MR) is 140 cm³/mol. The minimum Gasteiger partial charge on any atom is -0.310 e. The second kappa shape index (κ2) is 9.68. The normalized spacial score (nSPS) is 13.6. The molecule has 4 rings (SSSR count). The molecular weight excluding hydrogens is 498 g/mol. The zero-order valence-corrected chi connectivity index (χ0v) is 22.3. The van der Waals surface area contributed by atoms with E-state index in [2.05, 4.69) is 0 Å². The van der Waals surface area contributed by atoms with Crippen LogP contribution in [0.15, 0.2) is 76.5 Å². The van der Waals surface area contributed by atoms with E-state index >= 15 is 0 Å². The Kier molecular flexibility index (Phi) is 6.96. The molecule has 0 aromatic heterocycles. The van der Waals surface area contributed by atoms with Gasteiger partial charge in [-0.15, -0.1) is 0 Å². The summed E-state index contributed by atoms with van der Waals surface area (Å²) in [4.78, 5) is 15.3. The number of rotatable bonds is 7. The van der Waals surface area contributed by atoms with E-state index in [1.807, 2.05) is 19.9 Å². The monoisotopic (exact) mass is 527 g/mol. The van der Waals surface area contributed by atoms with Crippen LogP contribution in [0, 0.1) is 13.8 Å². The van der Waals surface area contributed by atoms with Gasteiger partial charge < -0.3 is 4.90 Å². The highest BCUT2D eigenvalue weighted by Crippen LogP contribution is 2.32. The molecule has 0 aliphatic carbocycles. The van der Waals surface area contributed by atoms with Gasteiger partial charge in [0.05, 0.1) is 15.5 Å². The van der Waals surface area contributed by atoms with Crippen molar-refractivity contribution in [2.75, 3.05) is 36.4 Å². The summed E-state index contributed by atoms with van der Waals surface area (Å²) in [7, 11) is -4.70. The predicted octanol–water partition coefficient (Wildman–Crippen LogP) is 3.34. The lowest BCUT2D eigenvalue weighted by Gasteiger charge is -2.27. The maximum atomic E-state index is 13.7. The van der Waals surface area contributed by atoms with Crippen molar-refractivity contribution < 1.29 is 21.6 Å². The molecule has 0 unspecified atom stereocenters. The molecule has 1 aliphatic heterocycles. The maximum absolute atomic E-state index is 13.7. The summed E-state index contributed by atoms with van der Waals surface area (Å²) in [6.07, 6.45) is 0.479. The fourth-order valence-corrected chi connectivity index (χ4v) is 6.51. The van der Waals surface area contributed by atoms with Crippen LogP contribution >= 0.6 is 0 Å². The molecule has 3 aromatic rings. The molecule has 0 N–H and O–H groups in total. The quantitative estimate of drug-likeness (QED) is 0.470. The van der Waals surface area contributed by atoms with Crippen molar-refractivity contribution in [1.29, 1.82) is 0 Å². The molecule has 3 aromatic carbocycles. The number of carbonyl (C=O) groups is 1. The van der Waals surface area contributed by atoms with Crippen LogP contribution in [-0.4, -0.2) is 54.2 Å². The summed E-state index contributed by atoms with van der Waals surface area (Å²) in [6.45, 7) is 3.68. The zero-order valence-electron chi connectivity index (χ0n) is 20.7. The number of benzene rings is 3. The molecule has 0 spiro atoms. The second-order valence-corrected chi connectivity index (χ2v) is 13.1. The molecule has 8 nitrogen and oxygen atoms in total. The third-order valence-corrected chi connectivity index (χ3v) is 9.80. The van der Waals surface area contributed by atoms with E-state index in [-0.39, 0.29) is 9.79 Å². The minimum atomic E-state index is -4.02. The summed E-state index contributed by atoms with van der Waals surface area (Å²) in [5.41, 5.74) is 3.52. The van der Waals surface area contributed by atoms with Crippen LogP contribution in [0.5, 0.6) is 0 Å². The van der Waals surface area contributed by atoms with Crippen LogP contribution in [0.2, 0.25) is 0 Å². The lowest BCUT2D eigenvalue weighted by molar-refractivity contribution is -0.117. The lowest BCUT2D eigenvalue weighted by Crippen LogP contribution is -2.42. The van der Waals surface area contributed by atoms with Gasteiger partial charge in [0.2, 0.25) is 15.9 Å². The van der Waals surface area contributed by atoms with Crippen LogP contribution in [-0.2, 0) is 31.3 Å². The Morgan fingerprint density at radius 3 is 2.14 bits per heavy atom. The summed E-state index contributed by atoms with van der Waals surface area (Å²) in [5, 5.41) is 0. The summed E-state index contributed by atoms with van der Waals surface area (Å²) in [6, 6.07) is 18.2. The zero-order chi connectivity index (χ0) is 26.3. The van der Waals surface area contributed by atoms with Crippen molar-refractivity contribution in [3.8, 4) is 0 Å². The third kappa shape index (κ3) is 4.88. The fraction of sp³-hybridized carbons (Fsp3) is 0.269. The van der Waals surface area contributed by atoms with Gasteiger partial charge >= 0.3 is 0 Å². The number of hydrogen-bond acceptors (Lipinski definition) is 5. The molecule has 10 heteroatoms. The van der Waals surface area contributed by atoms with Crippen molar-refractivity contribution in [3.63, 3.8) is 0 Å². The number of fused-ring (bicyclic) bond motifs is 1. The van der Waals surface area contributed by atoms with Gasteiger partial charge in [-0.1, -0.05) is 29.8 Å². The standard InChI is InChI=1S/C26H29N3O5S2/c1-19-8-10-23(11-9-19)36(33,34)29(22-7-5-6-20(2)16-22)18-26(30)28-15-14-21-17-24(12-13-25(21)28)35(31,32)27(3)4/h5-13,16-17H,14-15,18H2,1-4H3. The topological polar surface area (TPSA) is 95.1 Å². The maximum Gasteiger partial charge on any atom is 0.264 e. The van der Waals surface area contributed by atoms with Crippen molar-refractivity contribution in [2.45, 2.75) is 30.1 Å². The van der Waals surface area contributed by atoms with Gasteiger partial charge in [-0.2, -0.15) is 0 Å². The average molecular weight is 528 g/mol. The molecule has 190 valence electrons. The molecule has 1 amide bonds. The second-order valence-electron chi connectivity index (χ2n) is 9.04. The number of anilines is 2. The van der Waals surface area contributed by atoms with E-state index in [0.717, 1.165) is 25.3 Å². The molecule has 0 radical (unpaired) electrons. The van der Waals surface area contributed by atoms with Crippen LogP contribution in [0.25, 0.3) is 0 Å². The Morgan fingerprint density at radius 2 is 1.50 bits per heavy atom. The molecule has 1 aliphatic rings. The summed E-state index contributed by atoms with van der Waals surface area (Å²) < 4.78 is 54.6. The third-order valence-electron chi connectivity index (χ3n) is 6.20. The number of sulfonamides is 2. The highest BCUT2D eigenvalue weighted by molar-refractivity contribution is 7.92. The highest BCUT2D eigenvalue weighted by atomic mass is 32.2. The average Bonchev–Trinajstić information content (AvgIpc) is 3.26.